The molecule has 1 aromatic heterocycles. The molecule has 0 fully saturated rings. The highest BCUT2D eigenvalue weighted by Crippen LogP contribution is 2.22. The molecule has 2 aromatic rings. The Morgan fingerprint density at radius 3 is 2.82 bits per heavy atom. The van der Waals surface area contributed by atoms with Gasteiger partial charge in [-0.05, 0) is 25.6 Å². The van der Waals surface area contributed by atoms with Crippen LogP contribution in [0.4, 0.5) is 0 Å². The second-order valence-corrected chi connectivity index (χ2v) is 4.08. The number of imidazole rings is 1. The molecule has 1 heterocycles. The van der Waals surface area contributed by atoms with Crippen molar-refractivity contribution in [1.82, 2.24) is 14.9 Å². The maximum atomic E-state index is 9.18. The average Bonchev–Trinajstić information content (AvgIpc) is 2.71. The molecule has 2 rings (SSSR count). The molecule has 17 heavy (non-hydrogen) atoms. The predicted octanol–water partition coefficient (Wildman–Crippen LogP) is 1.70. The molecule has 0 radical (unpaired) electrons. The minimum atomic E-state index is 0.132. The summed E-state index contributed by atoms with van der Waals surface area (Å²) in [5.74, 6) is 1.00. The van der Waals surface area contributed by atoms with Crippen molar-refractivity contribution in [3.8, 4) is 0 Å². The highest BCUT2D eigenvalue weighted by Gasteiger charge is 2.16. The van der Waals surface area contributed by atoms with Crippen LogP contribution in [0.25, 0.3) is 11.0 Å². The van der Waals surface area contributed by atoms with E-state index < -0.39 is 0 Å². The van der Waals surface area contributed by atoms with Crippen molar-refractivity contribution < 1.29 is 5.11 Å². The molecule has 0 aliphatic rings. The summed E-state index contributed by atoms with van der Waals surface area (Å²) in [4.78, 5) is 4.66. The number of para-hydroxylation sites is 2. The largest absolute Gasteiger partial charge is 0.395 e. The summed E-state index contributed by atoms with van der Waals surface area (Å²) < 4.78 is 2.10. The van der Waals surface area contributed by atoms with Crippen LogP contribution >= 0.6 is 0 Å². The molecule has 1 aromatic carbocycles. The lowest BCUT2D eigenvalue weighted by Crippen LogP contribution is -2.21. The first-order valence-corrected chi connectivity index (χ1v) is 6.05. The number of fused-ring (bicyclic) bond motifs is 1. The van der Waals surface area contributed by atoms with Crippen molar-refractivity contribution in [3.05, 3.63) is 30.1 Å². The van der Waals surface area contributed by atoms with E-state index in [0.29, 0.717) is 6.54 Å². The van der Waals surface area contributed by atoms with Crippen LogP contribution in [-0.4, -0.2) is 28.3 Å². The first kappa shape index (κ1) is 12.1. The molecule has 0 aliphatic carbocycles. The SMILES string of the molecule is CCC(NC)c1nc2ccccc2n1CCO. The Kier molecular flexibility index (Phi) is 3.76. The van der Waals surface area contributed by atoms with Crippen LogP contribution in [0.2, 0.25) is 0 Å². The van der Waals surface area contributed by atoms with Gasteiger partial charge in [0.05, 0.1) is 23.7 Å². The van der Waals surface area contributed by atoms with Crippen LogP contribution in [-0.2, 0) is 6.54 Å². The number of rotatable bonds is 5. The number of aromatic nitrogens is 2. The zero-order chi connectivity index (χ0) is 12.3. The minimum absolute atomic E-state index is 0.132. The quantitative estimate of drug-likeness (QED) is 0.826. The number of nitrogens with zero attached hydrogens (tertiary/aromatic N) is 2. The van der Waals surface area contributed by atoms with E-state index in [1.807, 2.05) is 31.3 Å². The highest BCUT2D eigenvalue weighted by molar-refractivity contribution is 5.76. The third-order valence-corrected chi connectivity index (χ3v) is 3.08. The fourth-order valence-corrected chi connectivity index (χ4v) is 2.21. The predicted molar refractivity (Wildman–Crippen MR) is 68.9 cm³/mol. The lowest BCUT2D eigenvalue weighted by atomic mass is 10.2. The molecule has 0 amide bonds. The fraction of sp³-hybridized carbons (Fsp3) is 0.462. The van der Waals surface area contributed by atoms with Crippen LogP contribution in [0.3, 0.4) is 0 Å². The van der Waals surface area contributed by atoms with Gasteiger partial charge in [0.15, 0.2) is 0 Å². The summed E-state index contributed by atoms with van der Waals surface area (Å²) >= 11 is 0. The highest BCUT2D eigenvalue weighted by atomic mass is 16.3. The van der Waals surface area contributed by atoms with Gasteiger partial charge in [-0.25, -0.2) is 4.98 Å². The molecule has 0 saturated heterocycles. The van der Waals surface area contributed by atoms with E-state index in [4.69, 9.17) is 0 Å². The number of hydrogen-bond acceptors (Lipinski definition) is 3. The van der Waals surface area contributed by atoms with Crippen molar-refractivity contribution in [3.63, 3.8) is 0 Å². The number of aliphatic hydroxyl groups excluding tert-OH is 1. The average molecular weight is 233 g/mol. The van der Waals surface area contributed by atoms with Gasteiger partial charge in [0.25, 0.3) is 0 Å². The summed E-state index contributed by atoms with van der Waals surface area (Å²) in [7, 11) is 1.94. The van der Waals surface area contributed by atoms with Gasteiger partial charge < -0.3 is 15.0 Å². The topological polar surface area (TPSA) is 50.1 Å². The van der Waals surface area contributed by atoms with Gasteiger partial charge in [0.2, 0.25) is 0 Å². The maximum absolute atomic E-state index is 9.18. The normalized spacial score (nSPS) is 13.1. The fourth-order valence-electron chi connectivity index (χ4n) is 2.21. The third-order valence-electron chi connectivity index (χ3n) is 3.08. The van der Waals surface area contributed by atoms with E-state index in [9.17, 15) is 5.11 Å². The first-order chi connectivity index (χ1) is 8.31. The van der Waals surface area contributed by atoms with Crippen molar-refractivity contribution >= 4 is 11.0 Å². The molecule has 4 heteroatoms. The number of benzene rings is 1. The Labute approximate surface area is 101 Å². The van der Waals surface area contributed by atoms with Crippen LogP contribution in [0.5, 0.6) is 0 Å². The molecule has 4 nitrogen and oxygen atoms in total. The molecule has 1 unspecified atom stereocenters. The van der Waals surface area contributed by atoms with E-state index >= 15 is 0 Å². The van der Waals surface area contributed by atoms with E-state index in [2.05, 4.69) is 21.8 Å². The number of hydrogen-bond donors (Lipinski definition) is 2. The lowest BCUT2D eigenvalue weighted by Gasteiger charge is -2.15. The summed E-state index contributed by atoms with van der Waals surface area (Å²) in [6.07, 6.45) is 0.977. The molecule has 0 spiro atoms. The second kappa shape index (κ2) is 5.29. The van der Waals surface area contributed by atoms with Gasteiger partial charge in [0.1, 0.15) is 5.82 Å². The minimum Gasteiger partial charge on any atom is -0.395 e. The Bertz CT molecular complexity index is 488. The zero-order valence-electron chi connectivity index (χ0n) is 10.3. The molecule has 2 N–H and O–H groups in total. The van der Waals surface area contributed by atoms with Crippen molar-refractivity contribution in [2.75, 3.05) is 13.7 Å². The van der Waals surface area contributed by atoms with Gasteiger partial charge in [0, 0.05) is 6.54 Å². The lowest BCUT2D eigenvalue weighted by molar-refractivity contribution is 0.274. The van der Waals surface area contributed by atoms with Crippen molar-refractivity contribution in [1.29, 1.82) is 0 Å². The van der Waals surface area contributed by atoms with Crippen molar-refractivity contribution in [2.45, 2.75) is 25.9 Å². The Morgan fingerprint density at radius 2 is 2.18 bits per heavy atom. The van der Waals surface area contributed by atoms with Gasteiger partial charge in [-0.2, -0.15) is 0 Å². The maximum Gasteiger partial charge on any atom is 0.127 e. The zero-order valence-corrected chi connectivity index (χ0v) is 10.3. The Morgan fingerprint density at radius 1 is 1.41 bits per heavy atom. The smallest absolute Gasteiger partial charge is 0.127 e. The molecular weight excluding hydrogens is 214 g/mol. The number of aliphatic hydroxyl groups is 1. The standard InChI is InChI=1S/C13H19N3O/c1-3-10(14-2)13-15-11-6-4-5-7-12(11)16(13)8-9-17/h4-7,10,14,17H,3,8-9H2,1-2H3. The summed E-state index contributed by atoms with van der Waals surface area (Å²) in [6.45, 7) is 2.85. The molecule has 0 saturated carbocycles. The molecule has 1 atom stereocenters. The van der Waals surface area contributed by atoms with Gasteiger partial charge in [-0.1, -0.05) is 19.1 Å². The van der Waals surface area contributed by atoms with E-state index in [1.165, 1.54) is 0 Å². The summed E-state index contributed by atoms with van der Waals surface area (Å²) in [5, 5.41) is 12.4. The van der Waals surface area contributed by atoms with E-state index in [0.717, 1.165) is 23.3 Å². The van der Waals surface area contributed by atoms with Gasteiger partial charge in [-0.15, -0.1) is 0 Å². The molecule has 92 valence electrons. The van der Waals surface area contributed by atoms with Gasteiger partial charge in [-0.3, -0.25) is 0 Å². The molecule has 0 bridgehead atoms. The Balaban J connectivity index is 2.56. The summed E-state index contributed by atoms with van der Waals surface area (Å²) in [6, 6.07) is 8.28. The third kappa shape index (κ3) is 2.18. The van der Waals surface area contributed by atoms with E-state index in [1.54, 1.807) is 0 Å². The second-order valence-electron chi connectivity index (χ2n) is 4.08. The number of nitrogens with one attached hydrogen (secondary N) is 1. The van der Waals surface area contributed by atoms with Crippen LogP contribution < -0.4 is 5.32 Å². The Hall–Kier alpha value is -1.39. The van der Waals surface area contributed by atoms with E-state index in [-0.39, 0.29) is 12.6 Å². The monoisotopic (exact) mass is 233 g/mol. The van der Waals surface area contributed by atoms with Crippen molar-refractivity contribution in [2.24, 2.45) is 0 Å². The van der Waals surface area contributed by atoms with Gasteiger partial charge >= 0.3 is 0 Å². The van der Waals surface area contributed by atoms with Crippen LogP contribution in [0.1, 0.15) is 25.2 Å². The van der Waals surface area contributed by atoms with Crippen LogP contribution in [0, 0.1) is 0 Å². The first-order valence-electron chi connectivity index (χ1n) is 6.05. The van der Waals surface area contributed by atoms with Crippen LogP contribution in [0.15, 0.2) is 24.3 Å². The molecular formula is C13H19N3O. The summed E-state index contributed by atoms with van der Waals surface area (Å²) in [5.41, 5.74) is 2.08. The molecule has 0 aliphatic heterocycles.